The molecular formula is C13H19BrN2O3S. The van der Waals surface area contributed by atoms with E-state index in [-0.39, 0.29) is 12.5 Å². The van der Waals surface area contributed by atoms with Crippen LogP contribution in [0.1, 0.15) is 23.7 Å². The van der Waals surface area contributed by atoms with E-state index < -0.39 is 10.0 Å². The number of amides is 1. The Balaban J connectivity index is 2.53. The minimum Gasteiger partial charge on any atom is -0.351 e. The van der Waals surface area contributed by atoms with Crippen LogP contribution < -0.4 is 5.32 Å². The highest BCUT2D eigenvalue weighted by atomic mass is 79.9. The van der Waals surface area contributed by atoms with Gasteiger partial charge in [-0.15, -0.1) is 0 Å². The number of nitrogens with zero attached hydrogens (tertiary/aromatic N) is 1. The first-order valence-corrected chi connectivity index (χ1v) is 8.97. The molecule has 7 heteroatoms. The normalized spacial score (nSPS) is 11.6. The van der Waals surface area contributed by atoms with Gasteiger partial charge in [-0.2, -0.15) is 0 Å². The second-order valence-electron chi connectivity index (χ2n) is 4.43. The molecule has 0 heterocycles. The van der Waals surface area contributed by atoms with Crippen LogP contribution in [0.2, 0.25) is 0 Å². The topological polar surface area (TPSA) is 66.5 Å². The molecule has 1 rings (SSSR count). The average Bonchev–Trinajstić information content (AvgIpc) is 2.36. The lowest BCUT2D eigenvalue weighted by molar-refractivity contribution is 0.0951. The molecule has 1 amide bonds. The van der Waals surface area contributed by atoms with Gasteiger partial charge >= 0.3 is 0 Å². The van der Waals surface area contributed by atoms with Crippen molar-refractivity contribution in [2.24, 2.45) is 0 Å². The van der Waals surface area contributed by atoms with E-state index in [1.54, 1.807) is 18.2 Å². The number of hydrogen-bond acceptors (Lipinski definition) is 3. The molecule has 0 unspecified atom stereocenters. The first-order chi connectivity index (χ1) is 9.34. The molecule has 20 heavy (non-hydrogen) atoms. The fourth-order valence-corrected chi connectivity index (χ4v) is 3.06. The number of halogens is 1. The fourth-order valence-electron chi connectivity index (χ4n) is 1.72. The van der Waals surface area contributed by atoms with Gasteiger partial charge in [0.1, 0.15) is 0 Å². The molecule has 0 aromatic heterocycles. The van der Waals surface area contributed by atoms with Gasteiger partial charge in [-0.3, -0.25) is 4.79 Å². The molecule has 0 atom stereocenters. The highest BCUT2D eigenvalue weighted by molar-refractivity contribution is 9.10. The van der Waals surface area contributed by atoms with Crippen LogP contribution in [-0.4, -0.2) is 44.5 Å². The summed E-state index contributed by atoms with van der Waals surface area (Å²) in [4.78, 5) is 11.9. The van der Waals surface area contributed by atoms with Crippen molar-refractivity contribution in [2.45, 2.75) is 13.3 Å². The van der Waals surface area contributed by atoms with Crippen molar-refractivity contribution in [2.75, 3.05) is 25.9 Å². The zero-order chi connectivity index (χ0) is 15.2. The number of sulfonamides is 1. The zero-order valence-electron chi connectivity index (χ0n) is 11.6. The monoisotopic (exact) mass is 362 g/mol. The number of carbonyl (C=O) groups excluding carboxylic acids is 1. The Kier molecular flexibility index (Phi) is 6.64. The molecule has 5 nitrogen and oxygen atoms in total. The lowest BCUT2D eigenvalue weighted by Gasteiger charge is -2.19. The fraction of sp³-hybridized carbons (Fsp3) is 0.462. The van der Waals surface area contributed by atoms with Crippen molar-refractivity contribution in [3.8, 4) is 0 Å². The molecular weight excluding hydrogens is 344 g/mol. The molecule has 112 valence electrons. The van der Waals surface area contributed by atoms with E-state index in [1.807, 2.05) is 13.0 Å². The molecule has 1 aromatic rings. The van der Waals surface area contributed by atoms with Crippen LogP contribution in [0, 0.1) is 0 Å². The number of rotatable bonds is 7. The summed E-state index contributed by atoms with van der Waals surface area (Å²) in [5.74, 6) is -0.212. The Hall–Kier alpha value is -0.920. The summed E-state index contributed by atoms with van der Waals surface area (Å²) >= 11 is 3.30. The lowest BCUT2D eigenvalue weighted by atomic mass is 10.2. The minimum atomic E-state index is -3.22. The van der Waals surface area contributed by atoms with Gasteiger partial charge in [-0.25, -0.2) is 12.7 Å². The van der Waals surface area contributed by atoms with Crippen LogP contribution in [-0.2, 0) is 10.0 Å². The number of carbonyl (C=O) groups is 1. The molecule has 0 aliphatic carbocycles. The third-order valence-electron chi connectivity index (χ3n) is 2.68. The quantitative estimate of drug-likeness (QED) is 0.804. The molecule has 0 aliphatic rings. The third-order valence-corrected chi connectivity index (χ3v) is 4.47. The van der Waals surface area contributed by atoms with Crippen LogP contribution in [0.5, 0.6) is 0 Å². The van der Waals surface area contributed by atoms with Gasteiger partial charge in [0.25, 0.3) is 5.91 Å². The van der Waals surface area contributed by atoms with E-state index in [1.165, 1.54) is 10.6 Å². The summed E-state index contributed by atoms with van der Waals surface area (Å²) in [5, 5.41) is 2.72. The van der Waals surface area contributed by atoms with Crippen molar-refractivity contribution >= 4 is 31.9 Å². The van der Waals surface area contributed by atoms with E-state index in [9.17, 15) is 13.2 Å². The number of nitrogens with one attached hydrogen (secondary N) is 1. The van der Waals surface area contributed by atoms with Gasteiger partial charge in [-0.05, 0) is 24.6 Å². The van der Waals surface area contributed by atoms with E-state index in [0.717, 1.165) is 10.9 Å². The van der Waals surface area contributed by atoms with Crippen LogP contribution in [0.4, 0.5) is 0 Å². The SMILES string of the molecule is CCCN(CCNC(=O)c1cccc(Br)c1)S(C)(=O)=O. The second kappa shape index (κ2) is 7.75. The van der Waals surface area contributed by atoms with Gasteiger partial charge < -0.3 is 5.32 Å². The maximum Gasteiger partial charge on any atom is 0.251 e. The molecule has 0 saturated carbocycles. The lowest BCUT2D eigenvalue weighted by Crippen LogP contribution is -2.38. The summed E-state index contributed by atoms with van der Waals surface area (Å²) in [5.41, 5.74) is 0.542. The zero-order valence-corrected chi connectivity index (χ0v) is 14.0. The Morgan fingerprint density at radius 3 is 2.60 bits per heavy atom. The molecule has 0 spiro atoms. The summed E-state index contributed by atoms with van der Waals surface area (Å²) in [6.45, 7) is 2.95. The number of hydrogen-bond donors (Lipinski definition) is 1. The van der Waals surface area contributed by atoms with Crippen molar-refractivity contribution in [3.63, 3.8) is 0 Å². The maximum atomic E-state index is 11.9. The van der Waals surface area contributed by atoms with Gasteiger partial charge in [-0.1, -0.05) is 28.9 Å². The third kappa shape index (κ3) is 5.60. The van der Waals surface area contributed by atoms with Crippen LogP contribution in [0.3, 0.4) is 0 Å². The van der Waals surface area contributed by atoms with Gasteiger partial charge in [0, 0.05) is 29.7 Å². The van der Waals surface area contributed by atoms with Gasteiger partial charge in [0.15, 0.2) is 0 Å². The highest BCUT2D eigenvalue weighted by Gasteiger charge is 2.15. The molecule has 0 aliphatic heterocycles. The van der Waals surface area contributed by atoms with Crippen molar-refractivity contribution < 1.29 is 13.2 Å². The first kappa shape index (κ1) is 17.1. The molecule has 0 saturated heterocycles. The summed E-state index contributed by atoms with van der Waals surface area (Å²) in [7, 11) is -3.22. The Bertz CT molecular complexity index is 560. The Morgan fingerprint density at radius 1 is 1.35 bits per heavy atom. The second-order valence-corrected chi connectivity index (χ2v) is 7.33. The maximum absolute atomic E-state index is 11.9. The first-order valence-electron chi connectivity index (χ1n) is 6.33. The van der Waals surface area contributed by atoms with E-state index in [2.05, 4.69) is 21.2 Å². The molecule has 0 fully saturated rings. The Labute approximate surface area is 128 Å². The van der Waals surface area contributed by atoms with Crippen molar-refractivity contribution in [1.29, 1.82) is 0 Å². The minimum absolute atomic E-state index is 0.212. The smallest absolute Gasteiger partial charge is 0.251 e. The van der Waals surface area contributed by atoms with Gasteiger partial charge in [0.2, 0.25) is 10.0 Å². The average molecular weight is 363 g/mol. The van der Waals surface area contributed by atoms with E-state index in [0.29, 0.717) is 18.7 Å². The van der Waals surface area contributed by atoms with E-state index in [4.69, 9.17) is 0 Å². The number of benzene rings is 1. The van der Waals surface area contributed by atoms with Crippen LogP contribution in [0.25, 0.3) is 0 Å². The molecule has 1 N–H and O–H groups in total. The predicted octanol–water partition coefficient (Wildman–Crippen LogP) is 1.85. The predicted molar refractivity (Wildman–Crippen MR) is 83.2 cm³/mol. The highest BCUT2D eigenvalue weighted by Crippen LogP contribution is 2.11. The molecule has 0 radical (unpaired) electrons. The van der Waals surface area contributed by atoms with Crippen molar-refractivity contribution in [1.82, 2.24) is 9.62 Å². The molecule has 0 bridgehead atoms. The van der Waals surface area contributed by atoms with Crippen LogP contribution in [0.15, 0.2) is 28.7 Å². The van der Waals surface area contributed by atoms with Crippen LogP contribution >= 0.6 is 15.9 Å². The summed E-state index contributed by atoms with van der Waals surface area (Å²) in [6, 6.07) is 7.04. The molecule has 1 aromatic carbocycles. The van der Waals surface area contributed by atoms with E-state index >= 15 is 0 Å². The van der Waals surface area contributed by atoms with Crippen molar-refractivity contribution in [3.05, 3.63) is 34.3 Å². The largest absolute Gasteiger partial charge is 0.351 e. The Morgan fingerprint density at radius 2 is 2.05 bits per heavy atom. The summed E-state index contributed by atoms with van der Waals surface area (Å²) < 4.78 is 25.2. The summed E-state index contributed by atoms with van der Waals surface area (Å²) in [6.07, 6.45) is 1.92. The standard InChI is InChI=1S/C13H19BrN2O3S/c1-3-8-16(20(2,18)19)9-7-15-13(17)11-5-4-6-12(14)10-11/h4-6,10H,3,7-9H2,1-2H3,(H,15,17). The van der Waals surface area contributed by atoms with Gasteiger partial charge in [0.05, 0.1) is 6.26 Å².